The number of rotatable bonds is 3. The van der Waals surface area contributed by atoms with Crippen molar-refractivity contribution in [1.82, 2.24) is 19.7 Å². The van der Waals surface area contributed by atoms with Gasteiger partial charge in [0.15, 0.2) is 0 Å². The van der Waals surface area contributed by atoms with Crippen LogP contribution in [0.4, 0.5) is 0 Å². The van der Waals surface area contributed by atoms with Crippen LogP contribution in [0.3, 0.4) is 0 Å². The number of carbonyl (C=O) groups is 3. The molecule has 3 heterocycles. The van der Waals surface area contributed by atoms with E-state index in [1.807, 2.05) is 18.7 Å². The van der Waals surface area contributed by atoms with Crippen LogP contribution in [0.15, 0.2) is 24.5 Å². The predicted octanol–water partition coefficient (Wildman–Crippen LogP) is 1.01. The minimum absolute atomic E-state index is 0.0243. The SMILES string of the molecule is CC(C)N1CC(C(=O)N2CCCN(C(=O)c3ccncc3)CC2)CC1=O. The van der Waals surface area contributed by atoms with Crippen molar-refractivity contribution in [3.63, 3.8) is 0 Å². The van der Waals surface area contributed by atoms with Gasteiger partial charge in [0.25, 0.3) is 5.91 Å². The van der Waals surface area contributed by atoms with Gasteiger partial charge in [-0.15, -0.1) is 0 Å². The van der Waals surface area contributed by atoms with E-state index in [1.165, 1.54) is 0 Å². The minimum Gasteiger partial charge on any atom is -0.341 e. The summed E-state index contributed by atoms with van der Waals surface area (Å²) in [6.07, 6.45) is 4.27. The molecule has 0 saturated carbocycles. The Hall–Kier alpha value is -2.44. The van der Waals surface area contributed by atoms with E-state index in [0.717, 1.165) is 6.42 Å². The van der Waals surface area contributed by atoms with Crippen molar-refractivity contribution in [1.29, 1.82) is 0 Å². The second-order valence-electron chi connectivity index (χ2n) is 7.25. The van der Waals surface area contributed by atoms with Crippen molar-refractivity contribution in [2.24, 2.45) is 5.92 Å². The number of amides is 3. The maximum Gasteiger partial charge on any atom is 0.254 e. The molecule has 0 spiro atoms. The first-order chi connectivity index (χ1) is 12.5. The van der Waals surface area contributed by atoms with Crippen LogP contribution in [0, 0.1) is 5.92 Å². The number of pyridine rings is 1. The fourth-order valence-corrected chi connectivity index (χ4v) is 3.67. The van der Waals surface area contributed by atoms with E-state index in [4.69, 9.17) is 0 Å². The first kappa shape index (κ1) is 18.4. The lowest BCUT2D eigenvalue weighted by molar-refractivity contribution is -0.135. The molecule has 2 aliphatic rings. The van der Waals surface area contributed by atoms with E-state index >= 15 is 0 Å². The lowest BCUT2D eigenvalue weighted by Gasteiger charge is -2.25. The number of likely N-dealkylation sites (tertiary alicyclic amines) is 1. The van der Waals surface area contributed by atoms with E-state index in [1.54, 1.807) is 34.3 Å². The summed E-state index contributed by atoms with van der Waals surface area (Å²) in [7, 11) is 0. The van der Waals surface area contributed by atoms with Gasteiger partial charge in [-0.3, -0.25) is 19.4 Å². The van der Waals surface area contributed by atoms with Gasteiger partial charge in [0.2, 0.25) is 11.8 Å². The Morgan fingerprint density at radius 2 is 1.73 bits per heavy atom. The van der Waals surface area contributed by atoms with Gasteiger partial charge < -0.3 is 14.7 Å². The van der Waals surface area contributed by atoms with E-state index in [0.29, 0.717) is 44.7 Å². The van der Waals surface area contributed by atoms with Gasteiger partial charge in [-0.25, -0.2) is 0 Å². The summed E-state index contributed by atoms with van der Waals surface area (Å²) in [4.78, 5) is 46.8. The Balaban J connectivity index is 1.59. The van der Waals surface area contributed by atoms with Crippen molar-refractivity contribution >= 4 is 17.7 Å². The van der Waals surface area contributed by atoms with Gasteiger partial charge in [0.05, 0.1) is 5.92 Å². The maximum atomic E-state index is 12.8. The zero-order valence-corrected chi connectivity index (χ0v) is 15.4. The zero-order valence-electron chi connectivity index (χ0n) is 15.4. The second-order valence-corrected chi connectivity index (χ2v) is 7.25. The van der Waals surface area contributed by atoms with E-state index in [9.17, 15) is 14.4 Å². The number of hydrogen-bond acceptors (Lipinski definition) is 4. The van der Waals surface area contributed by atoms with Crippen molar-refractivity contribution in [3.8, 4) is 0 Å². The smallest absolute Gasteiger partial charge is 0.254 e. The molecular formula is C19H26N4O3. The molecule has 0 N–H and O–H groups in total. The van der Waals surface area contributed by atoms with Crippen molar-refractivity contribution < 1.29 is 14.4 Å². The van der Waals surface area contributed by atoms with Crippen LogP contribution in [0.25, 0.3) is 0 Å². The Morgan fingerprint density at radius 3 is 2.38 bits per heavy atom. The van der Waals surface area contributed by atoms with E-state index < -0.39 is 0 Å². The summed E-state index contributed by atoms with van der Waals surface area (Å²) in [5, 5.41) is 0. The summed E-state index contributed by atoms with van der Waals surface area (Å²) < 4.78 is 0. The van der Waals surface area contributed by atoms with Crippen LogP contribution < -0.4 is 0 Å². The molecule has 7 heteroatoms. The largest absolute Gasteiger partial charge is 0.341 e. The molecule has 3 amide bonds. The van der Waals surface area contributed by atoms with Crippen molar-refractivity contribution in [3.05, 3.63) is 30.1 Å². The molecule has 140 valence electrons. The summed E-state index contributed by atoms with van der Waals surface area (Å²) in [6, 6.07) is 3.54. The highest BCUT2D eigenvalue weighted by Crippen LogP contribution is 2.23. The molecule has 3 rings (SSSR count). The van der Waals surface area contributed by atoms with Crippen LogP contribution in [-0.2, 0) is 9.59 Å². The normalized spacial score (nSPS) is 21.3. The molecule has 2 fully saturated rings. The number of nitrogens with zero attached hydrogens (tertiary/aromatic N) is 4. The molecule has 7 nitrogen and oxygen atoms in total. The maximum absolute atomic E-state index is 12.8. The molecule has 1 atom stereocenters. The Kier molecular flexibility index (Phi) is 5.54. The summed E-state index contributed by atoms with van der Waals surface area (Å²) >= 11 is 0. The van der Waals surface area contributed by atoms with E-state index in [-0.39, 0.29) is 29.7 Å². The Bertz CT molecular complexity index is 677. The van der Waals surface area contributed by atoms with Gasteiger partial charge in [0, 0.05) is 63.1 Å². The lowest BCUT2D eigenvalue weighted by Crippen LogP contribution is -2.41. The lowest BCUT2D eigenvalue weighted by atomic mass is 10.1. The highest BCUT2D eigenvalue weighted by atomic mass is 16.2. The molecule has 2 aliphatic heterocycles. The van der Waals surface area contributed by atoms with Crippen LogP contribution in [0.5, 0.6) is 0 Å². The summed E-state index contributed by atoms with van der Waals surface area (Å²) in [5.74, 6) is -0.182. The molecular weight excluding hydrogens is 332 g/mol. The molecule has 1 aromatic heterocycles. The number of carbonyl (C=O) groups excluding carboxylic acids is 3. The number of aromatic nitrogens is 1. The van der Waals surface area contributed by atoms with Gasteiger partial charge in [-0.1, -0.05) is 0 Å². The Morgan fingerprint density at radius 1 is 1.08 bits per heavy atom. The highest BCUT2D eigenvalue weighted by Gasteiger charge is 2.37. The molecule has 2 saturated heterocycles. The highest BCUT2D eigenvalue weighted by molar-refractivity contribution is 5.94. The van der Waals surface area contributed by atoms with Gasteiger partial charge in [0.1, 0.15) is 0 Å². The molecule has 26 heavy (non-hydrogen) atoms. The molecule has 1 aromatic rings. The Labute approximate surface area is 154 Å². The molecule has 1 unspecified atom stereocenters. The fourth-order valence-electron chi connectivity index (χ4n) is 3.67. The molecule has 0 radical (unpaired) electrons. The van der Waals surface area contributed by atoms with Gasteiger partial charge >= 0.3 is 0 Å². The molecule has 0 aliphatic carbocycles. The topological polar surface area (TPSA) is 73.8 Å². The third kappa shape index (κ3) is 3.86. The third-order valence-corrected chi connectivity index (χ3v) is 5.15. The minimum atomic E-state index is -0.257. The second kappa shape index (κ2) is 7.85. The average molecular weight is 358 g/mol. The van der Waals surface area contributed by atoms with Crippen LogP contribution in [-0.4, -0.2) is 76.2 Å². The van der Waals surface area contributed by atoms with E-state index in [2.05, 4.69) is 4.98 Å². The van der Waals surface area contributed by atoms with Gasteiger partial charge in [-0.2, -0.15) is 0 Å². The monoisotopic (exact) mass is 358 g/mol. The molecule has 0 aromatic carbocycles. The third-order valence-electron chi connectivity index (χ3n) is 5.15. The van der Waals surface area contributed by atoms with Crippen molar-refractivity contribution in [2.75, 3.05) is 32.7 Å². The van der Waals surface area contributed by atoms with Crippen LogP contribution in [0.2, 0.25) is 0 Å². The predicted molar refractivity (Wildman–Crippen MR) is 96.3 cm³/mol. The number of hydrogen-bond donors (Lipinski definition) is 0. The summed E-state index contributed by atoms with van der Waals surface area (Å²) in [6.45, 7) is 6.74. The standard InChI is InChI=1S/C19H26N4O3/c1-14(2)23-13-16(12-17(23)24)19(26)22-9-3-8-21(10-11-22)18(25)15-4-6-20-7-5-15/h4-7,14,16H,3,8-13H2,1-2H3. The van der Waals surface area contributed by atoms with Crippen LogP contribution in [0.1, 0.15) is 37.0 Å². The molecule has 0 bridgehead atoms. The van der Waals surface area contributed by atoms with Gasteiger partial charge in [-0.05, 0) is 32.4 Å². The van der Waals surface area contributed by atoms with Crippen molar-refractivity contribution in [2.45, 2.75) is 32.7 Å². The quantitative estimate of drug-likeness (QED) is 0.808. The summed E-state index contributed by atoms with van der Waals surface area (Å²) in [5.41, 5.74) is 0.619. The first-order valence-electron chi connectivity index (χ1n) is 9.25. The van der Waals surface area contributed by atoms with Crippen LogP contribution >= 0.6 is 0 Å². The zero-order chi connectivity index (χ0) is 18.7. The first-order valence-corrected chi connectivity index (χ1v) is 9.25. The fraction of sp³-hybridized carbons (Fsp3) is 0.579. The average Bonchev–Trinajstić information content (AvgIpc) is 2.88.